The van der Waals surface area contributed by atoms with Gasteiger partial charge in [-0.3, -0.25) is 4.79 Å². The van der Waals surface area contributed by atoms with Gasteiger partial charge >= 0.3 is 0 Å². The molecule has 0 spiro atoms. The molecule has 1 aromatic heterocycles. The van der Waals surface area contributed by atoms with Crippen LogP contribution in [-0.4, -0.2) is 26.3 Å². The number of anilines is 2. The fourth-order valence-electron chi connectivity index (χ4n) is 1.32. The van der Waals surface area contributed by atoms with Crippen LogP contribution in [0.2, 0.25) is 0 Å². The van der Waals surface area contributed by atoms with E-state index < -0.39 is 11.1 Å². The first-order chi connectivity index (χ1) is 9.06. The molecule has 0 saturated carbocycles. The van der Waals surface area contributed by atoms with Gasteiger partial charge in [0, 0.05) is 0 Å². The molecule has 6 nitrogen and oxygen atoms in total. The summed E-state index contributed by atoms with van der Waals surface area (Å²) in [5, 5.41) is 8.68. The molecule has 1 aromatic carbocycles. The van der Waals surface area contributed by atoms with E-state index in [-0.39, 0.29) is 17.5 Å². The van der Waals surface area contributed by atoms with Crippen LogP contribution in [0.4, 0.5) is 16.0 Å². The summed E-state index contributed by atoms with van der Waals surface area (Å²) < 4.78 is 13.4. The Balaban J connectivity index is 1.98. The Morgan fingerprint density at radius 1 is 1.53 bits per heavy atom. The number of nitrogens with one attached hydrogen (secondary N) is 2. The number of hydrogen-bond acceptors (Lipinski definition) is 5. The number of nitrogen functional groups attached to an aromatic ring is 1. The fourth-order valence-corrected chi connectivity index (χ4v) is 2.05. The number of rotatable bonds is 4. The summed E-state index contributed by atoms with van der Waals surface area (Å²) in [6.45, 7) is 1.67. The lowest BCUT2D eigenvalue weighted by atomic mass is 10.3. The molecular formula is C11H12FN5OS. The molecule has 8 heteroatoms. The first-order valence-electron chi connectivity index (χ1n) is 5.46. The van der Waals surface area contributed by atoms with Gasteiger partial charge in [0.15, 0.2) is 0 Å². The summed E-state index contributed by atoms with van der Waals surface area (Å²) in [6.07, 6.45) is 0. The van der Waals surface area contributed by atoms with Gasteiger partial charge in [-0.25, -0.2) is 9.49 Å². The van der Waals surface area contributed by atoms with Gasteiger partial charge in [0.2, 0.25) is 17.0 Å². The van der Waals surface area contributed by atoms with E-state index in [2.05, 4.69) is 20.5 Å². The van der Waals surface area contributed by atoms with Gasteiger partial charge in [-0.1, -0.05) is 23.9 Å². The third-order valence-corrected chi connectivity index (χ3v) is 3.23. The lowest BCUT2D eigenvalue weighted by molar-refractivity contribution is -0.115. The summed E-state index contributed by atoms with van der Waals surface area (Å²) in [5.41, 5.74) is 5.53. The van der Waals surface area contributed by atoms with Crippen LogP contribution in [0.3, 0.4) is 0 Å². The molecule has 1 atom stereocenters. The number of hydrogen-bond donors (Lipinski definition) is 3. The summed E-state index contributed by atoms with van der Waals surface area (Å²) in [7, 11) is 0. The molecule has 0 radical (unpaired) electrons. The van der Waals surface area contributed by atoms with Crippen molar-refractivity contribution in [3.63, 3.8) is 0 Å². The summed E-state index contributed by atoms with van der Waals surface area (Å²) in [4.78, 5) is 15.8. The number of nitrogens with two attached hydrogens (primary N) is 1. The minimum atomic E-state index is -0.477. The Kier molecular flexibility index (Phi) is 4.00. The highest BCUT2D eigenvalue weighted by Crippen LogP contribution is 2.21. The zero-order chi connectivity index (χ0) is 13.8. The van der Waals surface area contributed by atoms with Crippen molar-refractivity contribution in [3.8, 4) is 0 Å². The van der Waals surface area contributed by atoms with Gasteiger partial charge in [0.25, 0.3) is 0 Å². The quantitative estimate of drug-likeness (QED) is 0.740. The fraction of sp³-hybridized carbons (Fsp3) is 0.182. The molecule has 2 aromatic rings. The van der Waals surface area contributed by atoms with Crippen molar-refractivity contribution in [3.05, 3.63) is 30.1 Å². The molecule has 100 valence electrons. The number of carbonyl (C=O) groups is 1. The number of halogens is 1. The number of thioether (sulfide) groups is 1. The number of amides is 1. The van der Waals surface area contributed by atoms with Crippen molar-refractivity contribution < 1.29 is 9.18 Å². The number of carbonyl (C=O) groups excluding carboxylic acids is 1. The topological polar surface area (TPSA) is 96.7 Å². The van der Waals surface area contributed by atoms with Crippen LogP contribution in [0.25, 0.3) is 0 Å². The Bertz CT molecular complexity index is 588. The normalized spacial score (nSPS) is 12.1. The number of aromatic amines is 1. The third-order valence-electron chi connectivity index (χ3n) is 2.27. The SMILES string of the molecule is C[C@@H](Sc1n[nH]c(N)n1)C(=O)Nc1ccccc1F. The maximum Gasteiger partial charge on any atom is 0.237 e. The molecular weight excluding hydrogens is 269 g/mol. The Morgan fingerprint density at radius 3 is 2.89 bits per heavy atom. The maximum atomic E-state index is 13.4. The second-order valence-corrected chi connectivity index (χ2v) is 5.04. The summed E-state index contributed by atoms with van der Waals surface area (Å²) >= 11 is 1.13. The van der Waals surface area contributed by atoms with Crippen LogP contribution < -0.4 is 11.1 Å². The van der Waals surface area contributed by atoms with Crippen molar-refractivity contribution in [2.75, 3.05) is 11.1 Å². The Morgan fingerprint density at radius 2 is 2.26 bits per heavy atom. The number of nitrogens with zero attached hydrogens (tertiary/aromatic N) is 2. The zero-order valence-corrected chi connectivity index (χ0v) is 10.9. The minimum absolute atomic E-state index is 0.148. The predicted molar refractivity (Wildman–Crippen MR) is 71.1 cm³/mol. The van der Waals surface area contributed by atoms with Gasteiger partial charge in [0.05, 0.1) is 10.9 Å². The molecule has 0 aliphatic rings. The monoisotopic (exact) mass is 281 g/mol. The molecule has 0 saturated heterocycles. The standard InChI is InChI=1S/C11H12FN5OS/c1-6(19-11-15-10(13)16-17-11)9(18)14-8-5-3-2-4-7(8)12/h2-6H,1H3,(H,14,18)(H3,13,15,16,17)/t6-/m1/s1. The third kappa shape index (κ3) is 3.44. The first kappa shape index (κ1) is 13.3. The van der Waals surface area contributed by atoms with E-state index in [9.17, 15) is 9.18 Å². The van der Waals surface area contributed by atoms with Gasteiger partial charge in [-0.2, -0.15) is 4.98 Å². The van der Waals surface area contributed by atoms with Gasteiger partial charge in [-0.05, 0) is 19.1 Å². The second-order valence-electron chi connectivity index (χ2n) is 3.73. The van der Waals surface area contributed by atoms with E-state index in [1.54, 1.807) is 19.1 Å². The van der Waals surface area contributed by atoms with E-state index in [0.717, 1.165) is 11.8 Å². The number of H-pyrrole nitrogens is 1. The van der Waals surface area contributed by atoms with Crippen molar-refractivity contribution in [1.29, 1.82) is 0 Å². The van der Waals surface area contributed by atoms with Gasteiger partial charge in [-0.15, -0.1) is 5.10 Å². The summed E-state index contributed by atoms with van der Waals surface area (Å²) in [6, 6.07) is 5.98. The molecule has 1 heterocycles. The van der Waals surface area contributed by atoms with E-state index in [4.69, 9.17) is 5.73 Å². The number of benzene rings is 1. The summed E-state index contributed by atoms with van der Waals surface area (Å²) in [5.74, 6) is -0.627. The second kappa shape index (κ2) is 5.70. The average molecular weight is 281 g/mol. The van der Waals surface area contributed by atoms with E-state index in [1.165, 1.54) is 12.1 Å². The van der Waals surface area contributed by atoms with Crippen LogP contribution in [-0.2, 0) is 4.79 Å². The van der Waals surface area contributed by atoms with Crippen LogP contribution in [0, 0.1) is 5.82 Å². The van der Waals surface area contributed by atoms with Gasteiger partial charge < -0.3 is 11.1 Å². The Hall–Kier alpha value is -2.09. The molecule has 4 N–H and O–H groups in total. The highest BCUT2D eigenvalue weighted by Gasteiger charge is 2.17. The smallest absolute Gasteiger partial charge is 0.237 e. The molecule has 19 heavy (non-hydrogen) atoms. The highest BCUT2D eigenvalue weighted by molar-refractivity contribution is 8.00. The molecule has 1 amide bonds. The average Bonchev–Trinajstić information content (AvgIpc) is 2.77. The lowest BCUT2D eigenvalue weighted by Gasteiger charge is -2.10. The van der Waals surface area contributed by atoms with Crippen LogP contribution in [0.15, 0.2) is 29.4 Å². The van der Waals surface area contributed by atoms with Crippen LogP contribution >= 0.6 is 11.8 Å². The number of para-hydroxylation sites is 1. The molecule has 0 fully saturated rings. The zero-order valence-electron chi connectivity index (χ0n) is 10.1. The van der Waals surface area contributed by atoms with Crippen LogP contribution in [0.1, 0.15) is 6.92 Å². The van der Waals surface area contributed by atoms with Crippen molar-refractivity contribution in [1.82, 2.24) is 15.2 Å². The lowest BCUT2D eigenvalue weighted by Crippen LogP contribution is -2.23. The molecule has 0 unspecified atom stereocenters. The largest absolute Gasteiger partial charge is 0.368 e. The predicted octanol–water partition coefficient (Wildman–Crippen LogP) is 1.65. The highest BCUT2D eigenvalue weighted by atomic mass is 32.2. The Labute approximate surface area is 113 Å². The first-order valence-corrected chi connectivity index (χ1v) is 6.34. The molecule has 0 bridgehead atoms. The maximum absolute atomic E-state index is 13.4. The molecule has 0 aliphatic heterocycles. The van der Waals surface area contributed by atoms with Crippen molar-refractivity contribution in [2.45, 2.75) is 17.3 Å². The minimum Gasteiger partial charge on any atom is -0.368 e. The van der Waals surface area contributed by atoms with Gasteiger partial charge in [0.1, 0.15) is 5.82 Å². The number of aromatic nitrogens is 3. The van der Waals surface area contributed by atoms with Crippen molar-refractivity contribution >= 4 is 29.3 Å². The van der Waals surface area contributed by atoms with E-state index in [0.29, 0.717) is 5.16 Å². The molecule has 2 rings (SSSR count). The van der Waals surface area contributed by atoms with E-state index >= 15 is 0 Å². The van der Waals surface area contributed by atoms with E-state index in [1.807, 2.05) is 0 Å². The molecule has 0 aliphatic carbocycles. The van der Waals surface area contributed by atoms with Crippen LogP contribution in [0.5, 0.6) is 0 Å². The van der Waals surface area contributed by atoms with Crippen molar-refractivity contribution in [2.24, 2.45) is 0 Å².